The Morgan fingerprint density at radius 3 is 2.96 bits per heavy atom. The van der Waals surface area contributed by atoms with Crippen LogP contribution in [0, 0.1) is 13.8 Å². The van der Waals surface area contributed by atoms with Crippen LogP contribution < -0.4 is 5.32 Å². The Bertz CT molecular complexity index is 1190. The summed E-state index contributed by atoms with van der Waals surface area (Å²) in [4.78, 5) is 23.0. The number of anilines is 1. The Labute approximate surface area is 153 Å². The number of hydrogen-bond acceptors (Lipinski definition) is 5. The first-order chi connectivity index (χ1) is 12.6. The molecule has 4 aromatic rings. The molecule has 0 bridgehead atoms. The summed E-state index contributed by atoms with van der Waals surface area (Å²) in [7, 11) is 0. The van der Waals surface area contributed by atoms with E-state index in [0.29, 0.717) is 16.3 Å². The van der Waals surface area contributed by atoms with Gasteiger partial charge in [-0.25, -0.2) is 14.5 Å². The Morgan fingerprint density at radius 1 is 1.23 bits per heavy atom. The number of nitrogens with zero attached hydrogens (tertiary/aromatic N) is 4. The molecule has 0 radical (unpaired) electrons. The third kappa shape index (κ3) is 2.24. The van der Waals surface area contributed by atoms with Gasteiger partial charge in [-0.2, -0.15) is 5.10 Å². The highest BCUT2D eigenvalue weighted by Gasteiger charge is 2.24. The van der Waals surface area contributed by atoms with Gasteiger partial charge in [-0.1, -0.05) is 24.3 Å². The average Bonchev–Trinajstić information content (AvgIpc) is 3.26. The molecule has 26 heavy (non-hydrogen) atoms. The largest absolute Gasteiger partial charge is 0.298 e. The van der Waals surface area contributed by atoms with Gasteiger partial charge in [-0.05, 0) is 25.5 Å². The Kier molecular flexibility index (Phi) is 3.20. The van der Waals surface area contributed by atoms with Gasteiger partial charge in [0.2, 0.25) is 0 Å². The van der Waals surface area contributed by atoms with Crippen LogP contribution in [0.15, 0.2) is 36.5 Å². The maximum Gasteiger partial charge on any atom is 0.262 e. The van der Waals surface area contributed by atoms with Crippen molar-refractivity contribution in [3.63, 3.8) is 0 Å². The van der Waals surface area contributed by atoms with Gasteiger partial charge in [0, 0.05) is 28.2 Å². The van der Waals surface area contributed by atoms with Crippen LogP contribution in [0.1, 0.15) is 32.2 Å². The summed E-state index contributed by atoms with van der Waals surface area (Å²) in [5.74, 6) is -0.238. The Hall–Kier alpha value is -3.06. The number of aromatic nitrogens is 4. The lowest BCUT2D eigenvalue weighted by Gasteiger charge is -2.03. The molecule has 0 spiro atoms. The molecule has 1 N–H and O–H groups in total. The smallest absolute Gasteiger partial charge is 0.262 e. The highest BCUT2D eigenvalue weighted by Crippen LogP contribution is 2.40. The van der Waals surface area contributed by atoms with E-state index in [-0.39, 0.29) is 5.91 Å². The van der Waals surface area contributed by atoms with E-state index in [1.54, 1.807) is 10.7 Å². The van der Waals surface area contributed by atoms with Crippen molar-refractivity contribution in [2.24, 2.45) is 0 Å². The number of carbonyl (C=O) groups is 1. The molecular formula is C19H15N5OS. The zero-order valence-corrected chi connectivity index (χ0v) is 15.1. The van der Waals surface area contributed by atoms with Crippen LogP contribution in [-0.4, -0.2) is 25.5 Å². The molecule has 0 saturated carbocycles. The Morgan fingerprint density at radius 2 is 2.08 bits per heavy atom. The van der Waals surface area contributed by atoms with Crippen molar-refractivity contribution >= 4 is 28.0 Å². The van der Waals surface area contributed by atoms with E-state index in [1.165, 1.54) is 21.8 Å². The summed E-state index contributed by atoms with van der Waals surface area (Å²) in [6.07, 6.45) is 2.43. The van der Waals surface area contributed by atoms with Gasteiger partial charge < -0.3 is 0 Å². The molecule has 1 aliphatic carbocycles. The maximum absolute atomic E-state index is 12.7. The van der Waals surface area contributed by atoms with Crippen LogP contribution in [0.5, 0.6) is 0 Å². The molecule has 0 saturated heterocycles. The highest BCUT2D eigenvalue weighted by atomic mass is 32.1. The minimum absolute atomic E-state index is 0.238. The number of rotatable bonds is 2. The lowest BCUT2D eigenvalue weighted by Crippen LogP contribution is -2.12. The van der Waals surface area contributed by atoms with Gasteiger partial charge in [-0.3, -0.25) is 10.1 Å². The van der Waals surface area contributed by atoms with Crippen LogP contribution in [0.4, 0.5) is 5.13 Å². The molecule has 1 aromatic carbocycles. The van der Waals surface area contributed by atoms with Gasteiger partial charge in [0.05, 0.1) is 11.9 Å². The molecule has 3 heterocycles. The molecule has 7 heteroatoms. The molecule has 5 rings (SSSR count). The van der Waals surface area contributed by atoms with E-state index in [9.17, 15) is 4.79 Å². The molecule has 128 valence electrons. The number of benzene rings is 1. The van der Waals surface area contributed by atoms with E-state index in [1.807, 2.05) is 32.0 Å². The number of fused-ring (bicyclic) bond motifs is 4. The number of aryl methyl sites for hydroxylation is 2. The fourth-order valence-electron chi connectivity index (χ4n) is 3.41. The van der Waals surface area contributed by atoms with E-state index >= 15 is 0 Å². The summed E-state index contributed by atoms with van der Waals surface area (Å²) in [5.41, 5.74) is 6.23. The molecule has 0 atom stereocenters. The van der Waals surface area contributed by atoms with Crippen molar-refractivity contribution in [3.05, 3.63) is 63.9 Å². The van der Waals surface area contributed by atoms with Gasteiger partial charge in [-0.15, -0.1) is 11.3 Å². The van der Waals surface area contributed by atoms with Crippen molar-refractivity contribution in [3.8, 4) is 11.3 Å². The summed E-state index contributed by atoms with van der Waals surface area (Å²) in [6, 6.07) is 10.2. The first-order valence-electron chi connectivity index (χ1n) is 8.31. The molecule has 6 nitrogen and oxygen atoms in total. The fraction of sp³-hybridized carbons (Fsp3) is 0.158. The molecule has 1 aliphatic rings. The quantitative estimate of drug-likeness (QED) is 0.521. The molecule has 1 amide bonds. The second-order valence-corrected chi connectivity index (χ2v) is 7.50. The summed E-state index contributed by atoms with van der Waals surface area (Å²) >= 11 is 1.53. The average molecular weight is 361 g/mol. The minimum Gasteiger partial charge on any atom is -0.298 e. The van der Waals surface area contributed by atoms with Crippen LogP contribution in [0.2, 0.25) is 0 Å². The second kappa shape index (κ2) is 5.47. The van der Waals surface area contributed by atoms with Crippen LogP contribution in [0.25, 0.3) is 16.9 Å². The van der Waals surface area contributed by atoms with Gasteiger partial charge in [0.25, 0.3) is 5.91 Å². The third-order valence-electron chi connectivity index (χ3n) is 4.56. The van der Waals surface area contributed by atoms with E-state index < -0.39 is 0 Å². The zero-order chi connectivity index (χ0) is 17.8. The summed E-state index contributed by atoms with van der Waals surface area (Å²) < 4.78 is 1.68. The van der Waals surface area contributed by atoms with E-state index in [0.717, 1.165) is 29.1 Å². The fourth-order valence-corrected chi connectivity index (χ4v) is 4.40. The van der Waals surface area contributed by atoms with Gasteiger partial charge in [0.1, 0.15) is 5.56 Å². The second-order valence-electron chi connectivity index (χ2n) is 6.41. The highest BCUT2D eigenvalue weighted by molar-refractivity contribution is 7.16. The molecule has 3 aromatic heterocycles. The van der Waals surface area contributed by atoms with Crippen molar-refractivity contribution in [1.82, 2.24) is 19.6 Å². The molecule has 0 fully saturated rings. The van der Waals surface area contributed by atoms with E-state index in [2.05, 4.69) is 32.5 Å². The monoisotopic (exact) mass is 361 g/mol. The lowest BCUT2D eigenvalue weighted by molar-refractivity contribution is 0.102. The SMILES string of the molecule is Cc1cc(C)n2ncc(C(=O)Nc3nc4c(s3)Cc3ccccc3-4)c2n1. The Balaban J connectivity index is 1.48. The lowest BCUT2D eigenvalue weighted by atomic mass is 10.1. The minimum atomic E-state index is -0.238. The summed E-state index contributed by atoms with van der Waals surface area (Å²) in [6.45, 7) is 3.85. The predicted molar refractivity (Wildman–Crippen MR) is 101 cm³/mol. The molecule has 0 aliphatic heterocycles. The number of carbonyl (C=O) groups excluding carboxylic acids is 1. The maximum atomic E-state index is 12.7. The number of hydrogen-bond donors (Lipinski definition) is 1. The van der Waals surface area contributed by atoms with Gasteiger partial charge >= 0.3 is 0 Å². The molecule has 0 unspecified atom stereocenters. The third-order valence-corrected chi connectivity index (χ3v) is 5.53. The topological polar surface area (TPSA) is 72.2 Å². The predicted octanol–water partition coefficient (Wildman–Crippen LogP) is 3.63. The first kappa shape index (κ1) is 15.2. The van der Waals surface area contributed by atoms with Crippen LogP contribution >= 0.6 is 11.3 Å². The van der Waals surface area contributed by atoms with Crippen molar-refractivity contribution in [1.29, 1.82) is 0 Å². The van der Waals surface area contributed by atoms with E-state index in [4.69, 9.17) is 0 Å². The number of nitrogens with one attached hydrogen (secondary N) is 1. The summed E-state index contributed by atoms with van der Waals surface area (Å²) in [5, 5.41) is 7.80. The molecular weight excluding hydrogens is 346 g/mol. The van der Waals surface area contributed by atoms with Crippen molar-refractivity contribution in [2.45, 2.75) is 20.3 Å². The standard InChI is InChI=1S/C19H15N5OS/c1-10-7-11(2)24-17(21-10)14(9-20-24)18(25)23-19-22-16-13-6-4-3-5-12(13)8-15(16)26-19/h3-7,9H,8H2,1-2H3,(H,22,23,25). The van der Waals surface area contributed by atoms with Crippen LogP contribution in [0.3, 0.4) is 0 Å². The first-order valence-corrected chi connectivity index (χ1v) is 9.13. The van der Waals surface area contributed by atoms with Crippen molar-refractivity contribution < 1.29 is 4.79 Å². The van der Waals surface area contributed by atoms with Gasteiger partial charge in [0.15, 0.2) is 10.8 Å². The normalized spacial score (nSPS) is 12.2. The number of thiazole rings is 1. The van der Waals surface area contributed by atoms with Crippen molar-refractivity contribution in [2.75, 3.05) is 5.32 Å². The van der Waals surface area contributed by atoms with Crippen LogP contribution in [-0.2, 0) is 6.42 Å². The number of amides is 1. The zero-order valence-electron chi connectivity index (χ0n) is 14.3.